The summed E-state index contributed by atoms with van der Waals surface area (Å²) < 4.78 is 0. The number of amides is 1. The first-order valence-corrected chi connectivity index (χ1v) is 16.1. The lowest BCUT2D eigenvalue weighted by molar-refractivity contribution is 0.0732. The number of carbonyl (C=O) groups excluding carboxylic acids is 1. The molecule has 1 fully saturated rings. The summed E-state index contributed by atoms with van der Waals surface area (Å²) in [6, 6.07) is 26.1. The van der Waals surface area contributed by atoms with Gasteiger partial charge < -0.3 is 15.5 Å². The van der Waals surface area contributed by atoms with E-state index in [1.807, 2.05) is 66.7 Å². The standard InChI is InChI=1S/C39H37N7O/c1-40-38-34-18-22-46(27-36(34)43-37(44-38)33-25-32-6-2-3-7-35(32)42-26-33)39(47)31-16-14-30(15-17-31)13-12-29-10-8-28(9-11-29)5-4-21-45-23-19-41-20-24-45/h2-3,6-17,25-26,41H,18-24,27H2,1H3,(H,40,43,44)/b13-12+. The molecule has 0 radical (unpaired) electrons. The van der Waals surface area contributed by atoms with E-state index in [1.165, 1.54) is 0 Å². The van der Waals surface area contributed by atoms with E-state index in [0.29, 0.717) is 30.9 Å². The van der Waals surface area contributed by atoms with Crippen molar-refractivity contribution in [1.82, 2.24) is 30.1 Å². The Morgan fingerprint density at radius 1 is 0.936 bits per heavy atom. The van der Waals surface area contributed by atoms with Crippen molar-refractivity contribution in [3.8, 4) is 23.2 Å². The number of pyridine rings is 1. The Kier molecular flexibility index (Phi) is 9.00. The molecule has 8 heteroatoms. The summed E-state index contributed by atoms with van der Waals surface area (Å²) in [6.45, 7) is 6.03. The predicted octanol–water partition coefficient (Wildman–Crippen LogP) is 5.36. The molecular formula is C39H37N7O. The van der Waals surface area contributed by atoms with Gasteiger partial charge in [-0.2, -0.15) is 0 Å². The van der Waals surface area contributed by atoms with E-state index >= 15 is 0 Å². The maximum Gasteiger partial charge on any atom is 0.254 e. The number of benzene rings is 3. The van der Waals surface area contributed by atoms with E-state index < -0.39 is 0 Å². The van der Waals surface area contributed by atoms with Crippen LogP contribution in [0.3, 0.4) is 0 Å². The van der Waals surface area contributed by atoms with E-state index in [1.54, 1.807) is 0 Å². The third-order valence-electron chi connectivity index (χ3n) is 8.72. The second-order valence-electron chi connectivity index (χ2n) is 11.9. The lowest BCUT2D eigenvalue weighted by Crippen LogP contribution is -2.43. The van der Waals surface area contributed by atoms with Crippen LogP contribution in [0.4, 0.5) is 5.82 Å². The number of hydrogen-bond donors (Lipinski definition) is 2. The molecule has 0 aliphatic carbocycles. The third-order valence-corrected chi connectivity index (χ3v) is 8.72. The van der Waals surface area contributed by atoms with Gasteiger partial charge in [-0.15, -0.1) is 0 Å². The van der Waals surface area contributed by atoms with Crippen molar-refractivity contribution in [2.45, 2.75) is 13.0 Å². The van der Waals surface area contributed by atoms with Crippen LogP contribution in [0.25, 0.3) is 34.4 Å². The zero-order chi connectivity index (χ0) is 32.0. The number of anilines is 1. The summed E-state index contributed by atoms with van der Waals surface area (Å²) in [7, 11) is 1.87. The van der Waals surface area contributed by atoms with Gasteiger partial charge in [-0.25, -0.2) is 9.97 Å². The van der Waals surface area contributed by atoms with Crippen LogP contribution in [-0.2, 0) is 13.0 Å². The monoisotopic (exact) mass is 619 g/mol. The summed E-state index contributed by atoms with van der Waals surface area (Å²) in [6.07, 6.45) is 6.65. The highest BCUT2D eigenvalue weighted by Crippen LogP contribution is 2.29. The summed E-state index contributed by atoms with van der Waals surface area (Å²) in [5.41, 5.74) is 7.52. The van der Waals surface area contributed by atoms with Gasteiger partial charge in [-0.1, -0.05) is 66.5 Å². The first-order valence-electron chi connectivity index (χ1n) is 16.1. The Labute approximate surface area is 275 Å². The Balaban J connectivity index is 0.999. The van der Waals surface area contributed by atoms with Gasteiger partial charge in [0.15, 0.2) is 5.82 Å². The van der Waals surface area contributed by atoms with Crippen molar-refractivity contribution in [1.29, 1.82) is 0 Å². The molecule has 0 bridgehead atoms. The Bertz CT molecular complexity index is 1990. The number of fused-ring (bicyclic) bond motifs is 2. The first kappa shape index (κ1) is 30.3. The molecule has 0 spiro atoms. The number of nitrogens with zero attached hydrogens (tertiary/aromatic N) is 5. The van der Waals surface area contributed by atoms with Gasteiger partial charge in [0.05, 0.1) is 24.3 Å². The van der Waals surface area contributed by atoms with Crippen LogP contribution in [0.1, 0.15) is 38.3 Å². The van der Waals surface area contributed by atoms with Crippen molar-refractivity contribution in [3.05, 3.63) is 119 Å². The maximum absolute atomic E-state index is 13.6. The van der Waals surface area contributed by atoms with E-state index in [0.717, 1.165) is 83.0 Å². The molecule has 3 aromatic carbocycles. The van der Waals surface area contributed by atoms with Crippen molar-refractivity contribution < 1.29 is 4.79 Å². The number of aromatic nitrogens is 3. The molecule has 5 aromatic rings. The molecule has 0 unspecified atom stereocenters. The smallest absolute Gasteiger partial charge is 0.254 e. The molecule has 4 heterocycles. The Morgan fingerprint density at radius 2 is 1.68 bits per heavy atom. The largest absolute Gasteiger partial charge is 0.373 e. The van der Waals surface area contributed by atoms with Crippen LogP contribution in [-0.4, -0.2) is 77.0 Å². The summed E-state index contributed by atoms with van der Waals surface area (Å²) in [5.74, 6) is 7.98. The van der Waals surface area contributed by atoms with Gasteiger partial charge >= 0.3 is 0 Å². The van der Waals surface area contributed by atoms with Gasteiger partial charge in [0.1, 0.15) is 5.82 Å². The molecule has 8 nitrogen and oxygen atoms in total. The Morgan fingerprint density at radius 3 is 2.45 bits per heavy atom. The summed E-state index contributed by atoms with van der Waals surface area (Å²) >= 11 is 0. The highest BCUT2D eigenvalue weighted by molar-refractivity contribution is 5.94. The molecule has 0 saturated carbocycles. The van der Waals surface area contributed by atoms with E-state index in [4.69, 9.17) is 9.97 Å². The second kappa shape index (κ2) is 14.0. The number of carbonyl (C=O) groups is 1. The van der Waals surface area contributed by atoms with E-state index in [9.17, 15) is 4.79 Å². The van der Waals surface area contributed by atoms with Crippen LogP contribution in [0, 0.1) is 11.8 Å². The fourth-order valence-electron chi connectivity index (χ4n) is 6.05. The fraction of sp³-hybridized carbons (Fsp3) is 0.231. The summed E-state index contributed by atoms with van der Waals surface area (Å²) in [4.78, 5) is 32.2. The predicted molar refractivity (Wildman–Crippen MR) is 189 cm³/mol. The Hall–Kier alpha value is -5.36. The van der Waals surface area contributed by atoms with Crippen LogP contribution in [0.5, 0.6) is 0 Å². The molecule has 2 aliphatic rings. The molecule has 1 saturated heterocycles. The molecule has 7 rings (SSSR count). The minimum absolute atomic E-state index is 0.00151. The lowest BCUT2D eigenvalue weighted by Gasteiger charge is -2.29. The quantitative estimate of drug-likeness (QED) is 0.196. The van der Waals surface area contributed by atoms with Gasteiger partial charge in [0.25, 0.3) is 5.91 Å². The van der Waals surface area contributed by atoms with Gasteiger partial charge in [0, 0.05) is 73.6 Å². The van der Waals surface area contributed by atoms with E-state index in [2.05, 4.69) is 74.8 Å². The molecule has 47 heavy (non-hydrogen) atoms. The number of para-hydroxylation sites is 1. The molecule has 2 aromatic heterocycles. The minimum atomic E-state index is -0.00151. The number of nitrogens with one attached hydrogen (secondary N) is 2. The molecular weight excluding hydrogens is 582 g/mol. The van der Waals surface area contributed by atoms with E-state index in [-0.39, 0.29) is 5.91 Å². The number of hydrogen-bond acceptors (Lipinski definition) is 7. The second-order valence-corrected chi connectivity index (χ2v) is 11.9. The maximum atomic E-state index is 13.6. The van der Waals surface area contributed by atoms with Crippen LogP contribution < -0.4 is 10.6 Å². The van der Waals surface area contributed by atoms with Gasteiger partial charge in [-0.05, 0) is 53.9 Å². The van der Waals surface area contributed by atoms with Crippen molar-refractivity contribution >= 4 is 34.8 Å². The fourth-order valence-corrected chi connectivity index (χ4v) is 6.05. The van der Waals surface area contributed by atoms with Crippen molar-refractivity contribution in [3.63, 3.8) is 0 Å². The minimum Gasteiger partial charge on any atom is -0.373 e. The molecule has 1 amide bonds. The zero-order valence-corrected chi connectivity index (χ0v) is 26.5. The normalized spacial score (nSPS) is 14.9. The molecule has 0 atom stereocenters. The average Bonchev–Trinajstić information content (AvgIpc) is 3.14. The average molecular weight is 620 g/mol. The van der Waals surface area contributed by atoms with Gasteiger partial charge in [-0.3, -0.25) is 14.7 Å². The SMILES string of the molecule is CNc1nc(-c2cnc3ccccc3c2)nc2c1CCN(C(=O)c1ccc(/C=C/c3ccc(C#CCN4CCNCC4)cc3)cc1)C2. The van der Waals surface area contributed by atoms with Crippen LogP contribution in [0.15, 0.2) is 85.1 Å². The number of rotatable bonds is 6. The van der Waals surface area contributed by atoms with Crippen molar-refractivity contribution in [2.75, 3.05) is 51.6 Å². The highest BCUT2D eigenvalue weighted by Gasteiger charge is 2.26. The molecule has 2 aliphatic heterocycles. The highest BCUT2D eigenvalue weighted by atomic mass is 16.2. The molecule has 234 valence electrons. The topological polar surface area (TPSA) is 86.3 Å². The number of piperazine rings is 1. The lowest BCUT2D eigenvalue weighted by atomic mass is 10.0. The van der Waals surface area contributed by atoms with Gasteiger partial charge in [0.2, 0.25) is 0 Å². The summed E-state index contributed by atoms with van der Waals surface area (Å²) in [5, 5.41) is 7.64. The van der Waals surface area contributed by atoms with Crippen LogP contribution >= 0.6 is 0 Å². The zero-order valence-electron chi connectivity index (χ0n) is 26.5. The van der Waals surface area contributed by atoms with Crippen LogP contribution in [0.2, 0.25) is 0 Å². The third kappa shape index (κ3) is 7.07. The first-order chi connectivity index (χ1) is 23.1. The van der Waals surface area contributed by atoms with Crippen molar-refractivity contribution in [2.24, 2.45) is 0 Å². The molecule has 2 N–H and O–H groups in total.